The minimum atomic E-state index is -3.93. The number of halogens is 1. The van der Waals surface area contributed by atoms with E-state index in [9.17, 15) is 18.0 Å². The molecule has 0 radical (unpaired) electrons. The van der Waals surface area contributed by atoms with Gasteiger partial charge in [0.05, 0.1) is 15.6 Å². The van der Waals surface area contributed by atoms with Gasteiger partial charge in [-0.25, -0.2) is 13.2 Å². The van der Waals surface area contributed by atoms with Gasteiger partial charge in [0.15, 0.2) is 12.4 Å². The fourth-order valence-corrected chi connectivity index (χ4v) is 6.62. The van der Waals surface area contributed by atoms with Crippen molar-refractivity contribution in [2.24, 2.45) is 0 Å². The van der Waals surface area contributed by atoms with Gasteiger partial charge in [-0.15, -0.1) is 11.3 Å². The maximum atomic E-state index is 12.7. The van der Waals surface area contributed by atoms with E-state index in [1.807, 2.05) is 12.1 Å². The van der Waals surface area contributed by atoms with Crippen molar-refractivity contribution in [3.63, 3.8) is 0 Å². The highest BCUT2D eigenvalue weighted by atomic mass is 35.5. The first-order valence-corrected chi connectivity index (χ1v) is 13.7. The van der Waals surface area contributed by atoms with E-state index in [2.05, 4.69) is 4.72 Å². The van der Waals surface area contributed by atoms with E-state index in [0.29, 0.717) is 15.8 Å². The van der Waals surface area contributed by atoms with Gasteiger partial charge in [0.2, 0.25) is 0 Å². The summed E-state index contributed by atoms with van der Waals surface area (Å²) in [6.07, 6.45) is 6.10. The van der Waals surface area contributed by atoms with Gasteiger partial charge in [-0.1, -0.05) is 67.3 Å². The van der Waals surface area contributed by atoms with Crippen LogP contribution in [0, 0.1) is 0 Å². The van der Waals surface area contributed by atoms with E-state index in [1.165, 1.54) is 61.9 Å². The van der Waals surface area contributed by atoms with E-state index in [4.69, 9.17) is 16.3 Å². The maximum Gasteiger partial charge on any atom is 0.340 e. The van der Waals surface area contributed by atoms with Crippen molar-refractivity contribution in [2.45, 2.75) is 42.2 Å². The topological polar surface area (TPSA) is 89.5 Å². The number of para-hydroxylation sites is 1. The Bertz CT molecular complexity index is 1280. The number of ether oxygens (including phenoxy) is 1. The highest BCUT2D eigenvalue weighted by Gasteiger charge is 2.22. The Morgan fingerprint density at radius 2 is 1.68 bits per heavy atom. The number of Topliss-reactive ketones (excluding diaryl/α,β-unsaturated/α-hetero) is 1. The lowest BCUT2D eigenvalue weighted by Gasteiger charge is -2.22. The van der Waals surface area contributed by atoms with Crippen molar-refractivity contribution in [1.82, 2.24) is 0 Å². The molecule has 2 aromatic carbocycles. The summed E-state index contributed by atoms with van der Waals surface area (Å²) in [4.78, 5) is 25.2. The molecular formula is C25H24ClNO5S2. The van der Waals surface area contributed by atoms with Gasteiger partial charge in [-0.2, -0.15) is 0 Å². The molecular weight excluding hydrogens is 494 g/mol. The molecule has 1 fully saturated rings. The van der Waals surface area contributed by atoms with Gasteiger partial charge in [0.1, 0.15) is 4.21 Å². The summed E-state index contributed by atoms with van der Waals surface area (Å²) in [5.74, 6) is -0.578. The second-order valence-corrected chi connectivity index (χ2v) is 11.8. The quantitative estimate of drug-likeness (QED) is 0.280. The maximum absolute atomic E-state index is 12.7. The van der Waals surface area contributed by atoms with Crippen LogP contribution in [-0.4, -0.2) is 26.8 Å². The first-order chi connectivity index (χ1) is 16.3. The molecule has 0 unspecified atom stereocenters. The van der Waals surface area contributed by atoms with Gasteiger partial charge in [0.25, 0.3) is 10.0 Å². The van der Waals surface area contributed by atoms with E-state index in [1.54, 1.807) is 24.3 Å². The molecule has 34 heavy (non-hydrogen) atoms. The molecule has 3 aromatic rings. The summed E-state index contributed by atoms with van der Waals surface area (Å²) in [7, 11) is -3.93. The first-order valence-electron chi connectivity index (χ1n) is 11.0. The summed E-state index contributed by atoms with van der Waals surface area (Å²) >= 11 is 6.74. The standard InChI is InChI=1S/C25H24ClNO5S2/c26-23-14-15-24(33-23)34(30,31)27-21-9-5-4-8-20(21)25(29)32-16-22(28)19-12-10-18(11-13-19)17-6-2-1-3-7-17/h4-5,8-15,17,27H,1-3,6-7,16H2. The Labute approximate surface area is 208 Å². The van der Waals surface area contributed by atoms with Crippen molar-refractivity contribution in [3.8, 4) is 0 Å². The number of hydrogen-bond acceptors (Lipinski definition) is 6. The van der Waals surface area contributed by atoms with Crippen LogP contribution in [-0.2, 0) is 14.8 Å². The predicted octanol–water partition coefficient (Wildman–Crippen LogP) is 6.29. The molecule has 0 spiro atoms. The molecule has 178 valence electrons. The summed E-state index contributed by atoms with van der Waals surface area (Å²) in [6, 6.07) is 16.4. The molecule has 0 bridgehead atoms. The van der Waals surface area contributed by atoms with E-state index >= 15 is 0 Å². The van der Waals surface area contributed by atoms with Crippen LogP contribution < -0.4 is 4.72 Å². The van der Waals surface area contributed by atoms with E-state index in [-0.39, 0.29) is 21.2 Å². The van der Waals surface area contributed by atoms with Crippen LogP contribution in [0.3, 0.4) is 0 Å². The lowest BCUT2D eigenvalue weighted by Crippen LogP contribution is -2.18. The Kier molecular flexibility index (Phi) is 7.70. The zero-order valence-corrected chi connectivity index (χ0v) is 20.7. The highest BCUT2D eigenvalue weighted by molar-refractivity contribution is 7.94. The number of benzene rings is 2. The average Bonchev–Trinajstić information content (AvgIpc) is 3.30. The van der Waals surface area contributed by atoms with Gasteiger partial charge < -0.3 is 4.74 Å². The zero-order valence-electron chi connectivity index (χ0n) is 18.3. The molecule has 6 nitrogen and oxygen atoms in total. The zero-order chi connectivity index (χ0) is 24.1. The summed E-state index contributed by atoms with van der Waals surface area (Å²) in [5.41, 5.74) is 1.77. The predicted molar refractivity (Wildman–Crippen MR) is 133 cm³/mol. The number of thiophene rings is 1. The van der Waals surface area contributed by atoms with Crippen LogP contribution in [0.1, 0.15) is 64.3 Å². The highest BCUT2D eigenvalue weighted by Crippen LogP contribution is 2.32. The van der Waals surface area contributed by atoms with Crippen molar-refractivity contribution in [2.75, 3.05) is 11.3 Å². The summed E-state index contributed by atoms with van der Waals surface area (Å²) in [5, 5.41) is 0. The number of anilines is 1. The van der Waals surface area contributed by atoms with Gasteiger partial charge in [0, 0.05) is 5.56 Å². The van der Waals surface area contributed by atoms with Crippen molar-refractivity contribution in [3.05, 3.63) is 81.7 Å². The third kappa shape index (κ3) is 5.87. The number of carbonyl (C=O) groups excluding carboxylic acids is 2. The molecule has 0 atom stereocenters. The molecule has 0 aliphatic heterocycles. The third-order valence-electron chi connectivity index (χ3n) is 5.85. The number of ketones is 1. The van der Waals surface area contributed by atoms with Crippen molar-refractivity contribution >= 4 is 50.4 Å². The number of sulfonamides is 1. The Morgan fingerprint density at radius 1 is 0.971 bits per heavy atom. The Hall–Kier alpha value is -2.68. The molecule has 1 heterocycles. The van der Waals surface area contributed by atoms with Crippen LogP contribution in [0.15, 0.2) is 64.9 Å². The normalized spacial score (nSPS) is 14.5. The molecule has 9 heteroatoms. The lowest BCUT2D eigenvalue weighted by atomic mass is 9.84. The number of hydrogen-bond donors (Lipinski definition) is 1. The van der Waals surface area contributed by atoms with Crippen LogP contribution in [0.2, 0.25) is 4.34 Å². The molecule has 1 aromatic heterocycles. The molecule has 1 N–H and O–H groups in total. The minimum absolute atomic E-state index is 0.00849. The number of nitrogens with one attached hydrogen (secondary N) is 1. The average molecular weight is 518 g/mol. The number of carbonyl (C=O) groups is 2. The van der Waals surface area contributed by atoms with Crippen LogP contribution in [0.25, 0.3) is 0 Å². The fourth-order valence-electron chi connectivity index (χ4n) is 4.06. The van der Waals surface area contributed by atoms with Gasteiger partial charge >= 0.3 is 5.97 Å². The number of rotatable bonds is 8. The van der Waals surface area contributed by atoms with Crippen molar-refractivity contribution in [1.29, 1.82) is 0 Å². The monoisotopic (exact) mass is 517 g/mol. The number of esters is 1. The molecule has 0 saturated heterocycles. The van der Waals surface area contributed by atoms with Crippen molar-refractivity contribution < 1.29 is 22.7 Å². The Balaban J connectivity index is 1.40. The van der Waals surface area contributed by atoms with Gasteiger partial charge in [-0.3, -0.25) is 9.52 Å². The molecule has 0 amide bonds. The Morgan fingerprint density at radius 3 is 2.35 bits per heavy atom. The van der Waals surface area contributed by atoms with Crippen LogP contribution in [0.4, 0.5) is 5.69 Å². The molecule has 1 aliphatic rings. The lowest BCUT2D eigenvalue weighted by molar-refractivity contribution is 0.0476. The third-order valence-corrected chi connectivity index (χ3v) is 8.94. The van der Waals surface area contributed by atoms with Gasteiger partial charge in [-0.05, 0) is 48.6 Å². The molecule has 4 rings (SSSR count). The fraction of sp³-hybridized carbons (Fsp3) is 0.280. The summed E-state index contributed by atoms with van der Waals surface area (Å²) < 4.78 is 33.2. The second-order valence-electron chi connectivity index (χ2n) is 8.17. The van der Waals surface area contributed by atoms with E-state index < -0.39 is 22.6 Å². The molecule has 1 aliphatic carbocycles. The smallest absolute Gasteiger partial charge is 0.340 e. The minimum Gasteiger partial charge on any atom is -0.454 e. The summed E-state index contributed by atoms with van der Waals surface area (Å²) in [6.45, 7) is -0.441. The molecule has 1 saturated carbocycles. The van der Waals surface area contributed by atoms with Crippen LogP contribution in [0.5, 0.6) is 0 Å². The SMILES string of the molecule is O=C(COC(=O)c1ccccc1NS(=O)(=O)c1ccc(Cl)s1)c1ccc(C2CCCCC2)cc1. The van der Waals surface area contributed by atoms with E-state index in [0.717, 1.165) is 11.3 Å². The first kappa shape index (κ1) is 24.4. The second kappa shape index (κ2) is 10.7. The van der Waals surface area contributed by atoms with Crippen LogP contribution >= 0.6 is 22.9 Å². The largest absolute Gasteiger partial charge is 0.454 e.